The summed E-state index contributed by atoms with van der Waals surface area (Å²) in [6.07, 6.45) is -3.75. The number of aliphatic hydroxyl groups excluding tert-OH is 1. The summed E-state index contributed by atoms with van der Waals surface area (Å²) in [5, 5.41) is 33.3. The van der Waals surface area contributed by atoms with Crippen LogP contribution in [0.5, 0.6) is 23.5 Å². The van der Waals surface area contributed by atoms with Gasteiger partial charge in [0.2, 0.25) is 23.5 Å². The fraction of sp³-hybridized carbons (Fsp3) is 0.381. The van der Waals surface area contributed by atoms with Gasteiger partial charge in [0.1, 0.15) is 25.4 Å². The molecule has 14 nitrogen and oxygen atoms in total. The van der Waals surface area contributed by atoms with E-state index in [1.54, 1.807) is 24.3 Å². The van der Waals surface area contributed by atoms with E-state index in [9.17, 15) is 28.6 Å². The van der Waals surface area contributed by atoms with Crippen molar-refractivity contribution in [2.24, 2.45) is 0 Å². The molecule has 3 unspecified atom stereocenters. The largest absolute Gasteiger partial charge is 0.481 e. The van der Waals surface area contributed by atoms with Crippen LogP contribution in [0.25, 0.3) is 11.1 Å². The molecule has 3 atom stereocenters. The molecule has 0 aliphatic rings. The number of halogens is 3. The number of carboxylic acids is 2. The Bertz CT molecular complexity index is 2110. The molecule has 0 aliphatic carbocycles. The highest BCUT2D eigenvalue weighted by atomic mass is 19.3. The van der Waals surface area contributed by atoms with Gasteiger partial charge in [-0.15, -0.1) is 0 Å². The van der Waals surface area contributed by atoms with Crippen LogP contribution in [0, 0.1) is 13.8 Å². The lowest BCUT2D eigenvalue weighted by molar-refractivity contribution is -0.181. The van der Waals surface area contributed by atoms with Gasteiger partial charge >= 0.3 is 17.9 Å². The van der Waals surface area contributed by atoms with Crippen molar-refractivity contribution in [3.63, 3.8) is 0 Å². The molecule has 2 heterocycles. The van der Waals surface area contributed by atoms with Crippen LogP contribution in [0.2, 0.25) is 0 Å². The molecule has 4 aromatic rings. The van der Waals surface area contributed by atoms with E-state index in [2.05, 4.69) is 27.2 Å². The number of hydrogen-bond acceptors (Lipinski definition) is 12. The minimum atomic E-state index is -4.30. The second-order valence-electron chi connectivity index (χ2n) is 13.6. The molecule has 2 aromatic heterocycles. The predicted octanol–water partition coefficient (Wildman–Crippen LogP) is 5.58. The Morgan fingerprint density at radius 3 is 1.58 bits per heavy atom. The maximum absolute atomic E-state index is 15.3. The van der Waals surface area contributed by atoms with E-state index >= 15 is 4.39 Å². The Kier molecular flexibility index (Phi) is 15.8. The number of hydrogen-bond donors (Lipinski definition) is 5. The van der Waals surface area contributed by atoms with E-state index in [1.165, 1.54) is 28.3 Å². The van der Waals surface area contributed by atoms with Crippen molar-refractivity contribution < 1.29 is 61.8 Å². The lowest BCUT2D eigenvalue weighted by atomic mass is 9.91. The van der Waals surface area contributed by atoms with Gasteiger partial charge in [-0.25, -0.2) is 14.0 Å². The summed E-state index contributed by atoms with van der Waals surface area (Å²) in [6.45, 7) is 8.50. The van der Waals surface area contributed by atoms with Crippen molar-refractivity contribution in [3.05, 3.63) is 106 Å². The van der Waals surface area contributed by atoms with Crippen molar-refractivity contribution in [3.8, 4) is 34.6 Å². The lowest BCUT2D eigenvalue weighted by Gasteiger charge is -2.29. The summed E-state index contributed by atoms with van der Waals surface area (Å²) in [5.41, 5.74) is 3.91. The second kappa shape index (κ2) is 20.3. The van der Waals surface area contributed by atoms with E-state index in [1.807, 2.05) is 50.2 Å². The molecule has 0 amide bonds. The summed E-state index contributed by atoms with van der Waals surface area (Å²) < 4.78 is 70.4. The number of alkyl halides is 3. The average molecular weight is 827 g/mol. The van der Waals surface area contributed by atoms with E-state index in [-0.39, 0.29) is 56.1 Å². The number of carboxylic acid groups (broad SMARTS) is 2. The Hall–Kier alpha value is -5.75. The molecule has 0 saturated carbocycles. The van der Waals surface area contributed by atoms with Gasteiger partial charge in [0.15, 0.2) is 0 Å². The number of nitrogens with zero attached hydrogens (tertiary/aromatic N) is 2. The summed E-state index contributed by atoms with van der Waals surface area (Å²) in [7, 11) is 4.08. The lowest BCUT2D eigenvalue weighted by Crippen LogP contribution is -2.51. The standard InChI is InChI=1S/C42H49F3N4O10/c1-24(2)41(43,39(51)52)34(55-5)21-47-19-28-15-17-36(49-38(28)57-7)59-23-30-11-9-13-32(26(30)4)31-12-8-10-29(25(31)3)22-58-35-16-14-27(37(48-35)56-6)18-46-20-33(50)42(44,45)40(53)54/h8-17,33-34,46-47,50H,1,18-23H2,2-7H3,(H,51,52)(H,53,54). The third-order valence-electron chi connectivity index (χ3n) is 9.81. The van der Waals surface area contributed by atoms with E-state index in [0.29, 0.717) is 17.0 Å². The van der Waals surface area contributed by atoms with Crippen molar-refractivity contribution in [2.75, 3.05) is 34.4 Å². The topological polar surface area (TPSA) is 191 Å². The Labute approximate surface area is 340 Å². The minimum Gasteiger partial charge on any atom is -0.481 e. The van der Waals surface area contributed by atoms with Gasteiger partial charge in [-0.3, -0.25) is 0 Å². The fourth-order valence-electron chi connectivity index (χ4n) is 6.19. The number of aliphatic hydroxyl groups is 1. The normalized spacial score (nSPS) is 13.5. The molecule has 5 N–H and O–H groups in total. The average Bonchev–Trinajstić information content (AvgIpc) is 3.21. The molecule has 2 aromatic carbocycles. The smallest absolute Gasteiger partial charge is 0.377 e. The number of methoxy groups -OCH3 is 3. The van der Waals surface area contributed by atoms with Crippen LogP contribution in [0.1, 0.15) is 40.3 Å². The van der Waals surface area contributed by atoms with Gasteiger partial charge in [0.05, 0.1) is 14.2 Å². The molecule has 59 heavy (non-hydrogen) atoms. The van der Waals surface area contributed by atoms with Crippen LogP contribution in [0.3, 0.4) is 0 Å². The van der Waals surface area contributed by atoms with Crippen LogP contribution in [-0.4, -0.2) is 95.4 Å². The third kappa shape index (κ3) is 10.9. The number of aromatic nitrogens is 2. The van der Waals surface area contributed by atoms with Crippen LogP contribution in [-0.2, 0) is 40.6 Å². The molecular formula is C42H49F3N4O10. The SMILES string of the molecule is C=C(C)C(F)(C(=O)O)C(CNCc1ccc(OCc2cccc(-c3cccc(COc4ccc(CNCC(O)C(F)(F)C(=O)O)c(OC)n4)c3C)c2C)nc1OC)OC. The number of pyridine rings is 2. The maximum Gasteiger partial charge on any atom is 0.377 e. The predicted molar refractivity (Wildman–Crippen MR) is 211 cm³/mol. The summed E-state index contributed by atoms with van der Waals surface area (Å²) >= 11 is 0. The summed E-state index contributed by atoms with van der Waals surface area (Å²) in [5.74, 6) is -7.40. The monoisotopic (exact) mass is 826 g/mol. The first-order valence-electron chi connectivity index (χ1n) is 18.3. The van der Waals surface area contributed by atoms with Crippen molar-refractivity contribution in [2.45, 2.75) is 70.9 Å². The number of carbonyl (C=O) groups is 2. The molecule has 17 heteroatoms. The molecule has 0 saturated heterocycles. The first kappa shape index (κ1) is 45.9. The second-order valence-corrected chi connectivity index (χ2v) is 13.6. The van der Waals surface area contributed by atoms with Gasteiger partial charge in [-0.05, 0) is 71.9 Å². The fourth-order valence-corrected chi connectivity index (χ4v) is 6.19. The van der Waals surface area contributed by atoms with Gasteiger partial charge in [0.25, 0.3) is 5.67 Å². The molecule has 0 radical (unpaired) electrons. The van der Waals surface area contributed by atoms with Crippen molar-refractivity contribution >= 4 is 11.9 Å². The summed E-state index contributed by atoms with van der Waals surface area (Å²) in [4.78, 5) is 31.2. The molecular weight excluding hydrogens is 777 g/mol. The van der Waals surface area contributed by atoms with E-state index in [0.717, 1.165) is 33.4 Å². The zero-order valence-electron chi connectivity index (χ0n) is 33.6. The number of rotatable bonds is 23. The number of ether oxygens (including phenoxy) is 5. The molecule has 4 rings (SSSR count). The van der Waals surface area contributed by atoms with Gasteiger partial charge in [-0.1, -0.05) is 43.0 Å². The van der Waals surface area contributed by atoms with E-state index < -0.39 is 42.3 Å². The number of aliphatic carboxylic acids is 2. The quantitative estimate of drug-likeness (QED) is 0.0583. The Morgan fingerprint density at radius 1 is 0.729 bits per heavy atom. The zero-order valence-corrected chi connectivity index (χ0v) is 33.6. The number of benzene rings is 2. The first-order valence-corrected chi connectivity index (χ1v) is 18.3. The van der Waals surface area contributed by atoms with Crippen molar-refractivity contribution in [1.82, 2.24) is 20.6 Å². The minimum absolute atomic E-state index is 0.0297. The van der Waals surface area contributed by atoms with Gasteiger partial charge in [0, 0.05) is 56.5 Å². The van der Waals surface area contributed by atoms with Crippen LogP contribution in [0.4, 0.5) is 13.2 Å². The molecule has 0 spiro atoms. The Morgan fingerprint density at radius 2 is 1.19 bits per heavy atom. The molecule has 0 bridgehead atoms. The highest BCUT2D eigenvalue weighted by Crippen LogP contribution is 2.32. The van der Waals surface area contributed by atoms with Gasteiger partial charge in [-0.2, -0.15) is 18.7 Å². The molecule has 0 fully saturated rings. The van der Waals surface area contributed by atoms with Gasteiger partial charge < -0.3 is 49.6 Å². The first-order chi connectivity index (χ1) is 28.0. The summed E-state index contributed by atoms with van der Waals surface area (Å²) in [6, 6.07) is 18.4. The molecule has 318 valence electrons. The zero-order chi connectivity index (χ0) is 43.5. The third-order valence-corrected chi connectivity index (χ3v) is 9.81. The highest BCUT2D eigenvalue weighted by Gasteiger charge is 2.48. The maximum atomic E-state index is 15.3. The molecule has 0 aliphatic heterocycles. The van der Waals surface area contributed by atoms with Crippen molar-refractivity contribution in [1.29, 1.82) is 0 Å². The van der Waals surface area contributed by atoms with E-state index in [4.69, 9.17) is 28.8 Å². The highest BCUT2D eigenvalue weighted by molar-refractivity contribution is 5.82. The Balaban J connectivity index is 1.39. The number of nitrogens with one attached hydrogen (secondary N) is 2. The van der Waals surface area contributed by atoms with Crippen LogP contribution < -0.4 is 29.6 Å². The van der Waals surface area contributed by atoms with Crippen LogP contribution in [0.15, 0.2) is 72.8 Å². The van der Waals surface area contributed by atoms with Crippen LogP contribution >= 0.6 is 0 Å².